The van der Waals surface area contributed by atoms with E-state index in [9.17, 15) is 4.57 Å². The molecule has 0 saturated carbocycles. The van der Waals surface area contributed by atoms with Gasteiger partial charge in [-0.1, -0.05) is 12.1 Å². The molecule has 133 valence electrons. The van der Waals surface area contributed by atoms with E-state index in [1.54, 1.807) is 13.1 Å². The van der Waals surface area contributed by atoms with Gasteiger partial charge in [-0.3, -0.25) is 4.57 Å². The van der Waals surface area contributed by atoms with Gasteiger partial charge >= 0.3 is 7.60 Å². The first-order chi connectivity index (χ1) is 11.6. The first kappa shape index (κ1) is 21.2. The monoisotopic (exact) mass is 536 g/mol. The van der Waals surface area contributed by atoms with Crippen molar-refractivity contribution in [2.45, 2.75) is 6.92 Å². The second-order valence-corrected chi connectivity index (χ2v) is 6.07. The van der Waals surface area contributed by atoms with Gasteiger partial charge < -0.3 is 14.4 Å². The Morgan fingerprint density at radius 3 is 2.40 bits per heavy atom. The van der Waals surface area contributed by atoms with Crippen molar-refractivity contribution in [3.8, 4) is 11.3 Å². The molecule has 0 aliphatic heterocycles. The summed E-state index contributed by atoms with van der Waals surface area (Å²) >= 11 is 0. The molecular weight excluding hydrogens is 519 g/mol. The molecule has 0 fully saturated rings. The Kier molecular flexibility index (Phi) is 9.27. The molecule has 1 aromatic carbocycles. The van der Waals surface area contributed by atoms with Crippen LogP contribution in [-0.2, 0) is 29.2 Å². The number of benzene rings is 1. The average molecular weight is 536 g/mol. The topological polar surface area (TPSA) is 98.1 Å². The van der Waals surface area contributed by atoms with E-state index in [4.69, 9.17) is 4.89 Å². The van der Waals surface area contributed by atoms with Crippen LogP contribution in [0.5, 0.6) is 0 Å². The second-order valence-electron chi connectivity index (χ2n) is 4.37. The third kappa shape index (κ3) is 6.90. The molecule has 1 N–H and O–H groups in total. The number of hydrogen-bond acceptors (Lipinski definition) is 6. The summed E-state index contributed by atoms with van der Waals surface area (Å²) in [5.74, 6) is 0. The fraction of sp³-hybridized carbons (Fsp3) is 0.125. The maximum Gasteiger partial charge on any atom is 0.395 e. The van der Waals surface area contributed by atoms with Crippen molar-refractivity contribution in [1.82, 2.24) is 19.9 Å². The first-order valence-corrected chi connectivity index (χ1v) is 8.69. The number of rotatable bonds is 4. The molecular formula is C16H16IrN4O3P-. The Labute approximate surface area is 159 Å². The van der Waals surface area contributed by atoms with E-state index in [1.165, 1.54) is 0 Å². The number of hydrogen-bond donors (Lipinski definition) is 1. The van der Waals surface area contributed by atoms with E-state index in [-0.39, 0.29) is 32.3 Å². The number of nitrogens with zero attached hydrogens (tertiary/aromatic N) is 4. The van der Waals surface area contributed by atoms with Gasteiger partial charge in [0.1, 0.15) is 12.7 Å². The van der Waals surface area contributed by atoms with E-state index < -0.39 is 7.60 Å². The molecule has 3 rings (SSSR count). The molecule has 1 radical (unpaired) electrons. The van der Waals surface area contributed by atoms with Crippen molar-refractivity contribution in [3.05, 3.63) is 67.4 Å². The SMILES string of the molecule is CCOP(=O)(O)c1ncncn1.[Ir].[c-]1ccccc1-c1ccccn1. The van der Waals surface area contributed by atoms with Crippen LogP contribution in [0.4, 0.5) is 0 Å². The first-order valence-electron chi connectivity index (χ1n) is 7.11. The molecule has 1 unspecified atom stereocenters. The van der Waals surface area contributed by atoms with Crippen LogP contribution in [0.15, 0.2) is 61.3 Å². The predicted molar refractivity (Wildman–Crippen MR) is 89.4 cm³/mol. The third-order valence-corrected chi connectivity index (χ3v) is 4.03. The number of aromatic nitrogens is 4. The quantitative estimate of drug-likeness (QED) is 0.404. The van der Waals surface area contributed by atoms with Crippen molar-refractivity contribution in [2.75, 3.05) is 6.61 Å². The summed E-state index contributed by atoms with van der Waals surface area (Å²) in [6.45, 7) is 1.75. The van der Waals surface area contributed by atoms with Gasteiger partial charge in [0, 0.05) is 26.3 Å². The fourth-order valence-corrected chi connectivity index (χ4v) is 2.55. The fourth-order valence-electron chi connectivity index (χ4n) is 1.69. The Morgan fingerprint density at radius 2 is 1.84 bits per heavy atom. The molecule has 0 spiro atoms. The van der Waals surface area contributed by atoms with E-state index in [2.05, 4.69) is 30.5 Å². The average Bonchev–Trinajstić information content (AvgIpc) is 2.64. The normalized spacial score (nSPS) is 12.1. The molecule has 25 heavy (non-hydrogen) atoms. The van der Waals surface area contributed by atoms with Crippen LogP contribution in [0, 0.1) is 6.07 Å². The van der Waals surface area contributed by atoms with Crippen molar-refractivity contribution >= 4 is 13.2 Å². The largest absolute Gasteiger partial charge is 0.395 e. The van der Waals surface area contributed by atoms with Crippen molar-refractivity contribution < 1.29 is 34.1 Å². The van der Waals surface area contributed by atoms with Gasteiger partial charge in [0.15, 0.2) is 0 Å². The zero-order chi connectivity index (χ0) is 17.3. The molecule has 7 nitrogen and oxygen atoms in total. The molecule has 2 heterocycles. The molecule has 2 aromatic heterocycles. The van der Waals surface area contributed by atoms with Crippen LogP contribution >= 0.6 is 7.60 Å². The summed E-state index contributed by atoms with van der Waals surface area (Å²) in [6.07, 6.45) is 4.07. The van der Waals surface area contributed by atoms with Crippen molar-refractivity contribution in [3.63, 3.8) is 0 Å². The van der Waals surface area contributed by atoms with E-state index >= 15 is 0 Å². The van der Waals surface area contributed by atoms with Crippen LogP contribution in [-0.4, -0.2) is 31.4 Å². The van der Waals surface area contributed by atoms with Gasteiger partial charge in [-0.2, -0.15) is 0 Å². The summed E-state index contributed by atoms with van der Waals surface area (Å²) in [6, 6.07) is 16.8. The van der Waals surface area contributed by atoms with Crippen LogP contribution in [0.25, 0.3) is 11.3 Å². The van der Waals surface area contributed by atoms with Crippen LogP contribution in [0.1, 0.15) is 6.92 Å². The van der Waals surface area contributed by atoms with E-state index in [1.807, 2.05) is 42.5 Å². The summed E-state index contributed by atoms with van der Waals surface area (Å²) < 4.78 is 15.8. The van der Waals surface area contributed by atoms with Gasteiger partial charge in [-0.25, -0.2) is 15.0 Å². The zero-order valence-corrected chi connectivity index (χ0v) is 16.6. The second kappa shape index (κ2) is 10.9. The van der Waals surface area contributed by atoms with Crippen LogP contribution in [0.3, 0.4) is 0 Å². The molecule has 0 aliphatic carbocycles. The Bertz CT molecular complexity index is 742. The van der Waals surface area contributed by atoms with E-state index in [0.29, 0.717) is 0 Å². The van der Waals surface area contributed by atoms with Crippen LogP contribution < -0.4 is 5.57 Å². The minimum atomic E-state index is -3.81. The van der Waals surface area contributed by atoms with Crippen molar-refractivity contribution in [2.24, 2.45) is 0 Å². The molecule has 0 saturated heterocycles. The third-order valence-electron chi connectivity index (χ3n) is 2.69. The molecule has 0 aliphatic rings. The maximum atomic E-state index is 11.2. The van der Waals surface area contributed by atoms with Crippen molar-refractivity contribution in [1.29, 1.82) is 0 Å². The Balaban J connectivity index is 0.000000240. The van der Waals surface area contributed by atoms with Gasteiger partial charge in [-0.05, 0) is 18.7 Å². The van der Waals surface area contributed by atoms with Gasteiger partial charge in [0.05, 0.1) is 6.61 Å². The zero-order valence-electron chi connectivity index (χ0n) is 13.3. The molecule has 0 bridgehead atoms. The van der Waals surface area contributed by atoms with E-state index in [0.717, 1.165) is 23.9 Å². The number of pyridine rings is 1. The standard InChI is InChI=1S/C11H8N.C5H8N3O3P.Ir/c1-2-6-10(7-3-1)11-8-4-5-9-12-11;1-2-11-12(9,10)5-7-3-6-4-8-5;/h1-6,8-9H;3-4H,2H2,1H3,(H,9,10);/q-1;;. The molecule has 0 amide bonds. The Morgan fingerprint density at radius 1 is 1.12 bits per heavy atom. The Hall–Kier alpha value is -1.82. The molecule has 9 heteroatoms. The minimum absolute atomic E-state index is 0. The van der Waals surface area contributed by atoms with Gasteiger partial charge in [-0.15, -0.1) is 35.9 Å². The summed E-state index contributed by atoms with van der Waals surface area (Å²) in [4.78, 5) is 23.9. The van der Waals surface area contributed by atoms with Gasteiger partial charge in [0.25, 0.3) is 0 Å². The van der Waals surface area contributed by atoms with Crippen LogP contribution in [0.2, 0.25) is 0 Å². The smallest absolute Gasteiger partial charge is 0.319 e. The summed E-state index contributed by atoms with van der Waals surface area (Å²) in [5, 5.41) is 0. The summed E-state index contributed by atoms with van der Waals surface area (Å²) in [7, 11) is -3.81. The minimum Gasteiger partial charge on any atom is -0.319 e. The molecule has 3 aromatic rings. The summed E-state index contributed by atoms with van der Waals surface area (Å²) in [5.41, 5.74) is 1.79. The predicted octanol–water partition coefficient (Wildman–Crippen LogP) is 2.27. The van der Waals surface area contributed by atoms with Gasteiger partial charge in [0.2, 0.25) is 5.57 Å². The molecule has 1 atom stereocenters. The maximum absolute atomic E-state index is 11.2.